The van der Waals surface area contributed by atoms with Gasteiger partial charge in [0.2, 0.25) is 0 Å². The van der Waals surface area contributed by atoms with Crippen LogP contribution in [0.25, 0.3) is 0 Å². The largest absolute Gasteiger partial charge is 0.393 e. The Kier molecular flexibility index (Phi) is 3.34. The highest BCUT2D eigenvalue weighted by atomic mass is 16.3. The molecule has 0 saturated heterocycles. The first-order chi connectivity index (χ1) is 5.24. The SMILES string of the molecule is CCN(C)CC1CCCC1O. The van der Waals surface area contributed by atoms with Gasteiger partial charge in [-0.25, -0.2) is 0 Å². The Labute approximate surface area is 69.2 Å². The molecule has 0 radical (unpaired) electrons. The van der Waals surface area contributed by atoms with Crippen LogP contribution in [0.5, 0.6) is 0 Å². The minimum Gasteiger partial charge on any atom is -0.393 e. The third-order valence-corrected chi connectivity index (χ3v) is 2.70. The van der Waals surface area contributed by atoms with Crippen LogP contribution in [0.15, 0.2) is 0 Å². The molecule has 1 aliphatic carbocycles. The maximum atomic E-state index is 9.51. The van der Waals surface area contributed by atoms with Gasteiger partial charge in [-0.1, -0.05) is 13.3 Å². The summed E-state index contributed by atoms with van der Waals surface area (Å²) in [7, 11) is 2.12. The normalized spacial score (nSPS) is 31.6. The summed E-state index contributed by atoms with van der Waals surface area (Å²) < 4.78 is 0. The van der Waals surface area contributed by atoms with Crippen LogP contribution in [-0.4, -0.2) is 36.2 Å². The van der Waals surface area contributed by atoms with Crippen molar-refractivity contribution in [3.05, 3.63) is 0 Å². The van der Waals surface area contributed by atoms with Crippen LogP contribution in [-0.2, 0) is 0 Å². The third kappa shape index (κ3) is 2.46. The average Bonchev–Trinajstić information content (AvgIpc) is 2.37. The fourth-order valence-corrected chi connectivity index (χ4v) is 1.76. The van der Waals surface area contributed by atoms with Gasteiger partial charge in [-0.3, -0.25) is 0 Å². The van der Waals surface area contributed by atoms with E-state index in [0.29, 0.717) is 5.92 Å². The number of hydrogen-bond donors (Lipinski definition) is 1. The zero-order chi connectivity index (χ0) is 8.27. The van der Waals surface area contributed by atoms with Crippen LogP contribution in [0, 0.1) is 5.92 Å². The molecule has 2 nitrogen and oxygen atoms in total. The van der Waals surface area contributed by atoms with Crippen LogP contribution >= 0.6 is 0 Å². The number of rotatable bonds is 3. The number of aliphatic hydroxyl groups is 1. The number of hydrogen-bond acceptors (Lipinski definition) is 2. The molecule has 0 spiro atoms. The first-order valence-electron chi connectivity index (χ1n) is 4.60. The summed E-state index contributed by atoms with van der Waals surface area (Å²) in [5.41, 5.74) is 0. The molecule has 2 atom stereocenters. The third-order valence-electron chi connectivity index (χ3n) is 2.70. The van der Waals surface area contributed by atoms with Crippen molar-refractivity contribution in [3.63, 3.8) is 0 Å². The van der Waals surface area contributed by atoms with Crippen LogP contribution < -0.4 is 0 Å². The summed E-state index contributed by atoms with van der Waals surface area (Å²) in [6, 6.07) is 0. The summed E-state index contributed by atoms with van der Waals surface area (Å²) >= 11 is 0. The topological polar surface area (TPSA) is 23.5 Å². The van der Waals surface area contributed by atoms with E-state index in [1.807, 2.05) is 0 Å². The maximum Gasteiger partial charge on any atom is 0.0580 e. The molecule has 0 aromatic carbocycles. The molecule has 0 aliphatic heterocycles. The van der Waals surface area contributed by atoms with Gasteiger partial charge < -0.3 is 10.0 Å². The van der Waals surface area contributed by atoms with E-state index >= 15 is 0 Å². The molecule has 1 N–H and O–H groups in total. The predicted molar refractivity (Wildman–Crippen MR) is 46.5 cm³/mol. The van der Waals surface area contributed by atoms with E-state index in [2.05, 4.69) is 18.9 Å². The van der Waals surface area contributed by atoms with Gasteiger partial charge in [-0.15, -0.1) is 0 Å². The van der Waals surface area contributed by atoms with Gasteiger partial charge >= 0.3 is 0 Å². The van der Waals surface area contributed by atoms with Gasteiger partial charge in [0.05, 0.1) is 6.10 Å². The minimum atomic E-state index is -0.0241. The van der Waals surface area contributed by atoms with E-state index in [-0.39, 0.29) is 6.10 Å². The monoisotopic (exact) mass is 157 g/mol. The van der Waals surface area contributed by atoms with Crippen LogP contribution in [0.4, 0.5) is 0 Å². The van der Waals surface area contributed by atoms with E-state index in [9.17, 15) is 5.11 Å². The number of nitrogens with zero attached hydrogens (tertiary/aromatic N) is 1. The van der Waals surface area contributed by atoms with Crippen molar-refractivity contribution in [3.8, 4) is 0 Å². The Morgan fingerprint density at radius 3 is 2.64 bits per heavy atom. The Morgan fingerprint density at radius 1 is 1.45 bits per heavy atom. The molecule has 0 heterocycles. The van der Waals surface area contributed by atoms with Gasteiger partial charge in [0, 0.05) is 6.54 Å². The second-order valence-corrected chi connectivity index (χ2v) is 3.61. The lowest BCUT2D eigenvalue weighted by Gasteiger charge is -2.21. The standard InChI is InChI=1S/C9H19NO/c1-3-10(2)7-8-5-4-6-9(8)11/h8-9,11H,3-7H2,1-2H3. The minimum absolute atomic E-state index is 0.0241. The average molecular weight is 157 g/mol. The molecular formula is C9H19NO. The summed E-state index contributed by atoms with van der Waals surface area (Å²) in [6.45, 7) is 4.31. The fraction of sp³-hybridized carbons (Fsp3) is 1.00. The zero-order valence-corrected chi connectivity index (χ0v) is 7.58. The molecule has 0 aromatic rings. The molecule has 0 aromatic heterocycles. The van der Waals surface area contributed by atoms with Gasteiger partial charge in [0.1, 0.15) is 0 Å². The van der Waals surface area contributed by atoms with Gasteiger partial charge in [0.15, 0.2) is 0 Å². The van der Waals surface area contributed by atoms with Crippen molar-refractivity contribution in [1.29, 1.82) is 0 Å². The van der Waals surface area contributed by atoms with Crippen molar-refractivity contribution in [2.75, 3.05) is 20.1 Å². The van der Waals surface area contributed by atoms with Crippen molar-refractivity contribution in [2.45, 2.75) is 32.3 Å². The van der Waals surface area contributed by atoms with E-state index in [4.69, 9.17) is 0 Å². The van der Waals surface area contributed by atoms with Gasteiger partial charge in [-0.2, -0.15) is 0 Å². The first-order valence-corrected chi connectivity index (χ1v) is 4.60. The van der Waals surface area contributed by atoms with Crippen LogP contribution in [0.3, 0.4) is 0 Å². The van der Waals surface area contributed by atoms with Crippen LogP contribution in [0.1, 0.15) is 26.2 Å². The molecular weight excluding hydrogens is 138 g/mol. The second-order valence-electron chi connectivity index (χ2n) is 3.61. The second kappa shape index (κ2) is 4.07. The van der Waals surface area contributed by atoms with E-state index in [1.54, 1.807) is 0 Å². The summed E-state index contributed by atoms with van der Waals surface area (Å²) in [5, 5.41) is 9.51. The van der Waals surface area contributed by atoms with Crippen molar-refractivity contribution in [1.82, 2.24) is 4.90 Å². The van der Waals surface area contributed by atoms with Crippen molar-refractivity contribution < 1.29 is 5.11 Å². The molecule has 2 heteroatoms. The molecule has 1 saturated carbocycles. The predicted octanol–water partition coefficient (Wildman–Crippen LogP) is 1.10. The quantitative estimate of drug-likeness (QED) is 0.663. The molecule has 66 valence electrons. The van der Waals surface area contributed by atoms with Crippen molar-refractivity contribution >= 4 is 0 Å². The highest BCUT2D eigenvalue weighted by Crippen LogP contribution is 2.25. The molecule has 1 rings (SSSR count). The molecule has 1 fully saturated rings. The lowest BCUT2D eigenvalue weighted by molar-refractivity contribution is 0.111. The zero-order valence-electron chi connectivity index (χ0n) is 7.58. The molecule has 1 aliphatic rings. The van der Waals surface area contributed by atoms with Crippen molar-refractivity contribution in [2.24, 2.45) is 5.92 Å². The van der Waals surface area contributed by atoms with E-state index in [0.717, 1.165) is 19.5 Å². The maximum absolute atomic E-state index is 9.51. The highest BCUT2D eigenvalue weighted by Gasteiger charge is 2.25. The van der Waals surface area contributed by atoms with Crippen LogP contribution in [0.2, 0.25) is 0 Å². The van der Waals surface area contributed by atoms with E-state index < -0.39 is 0 Å². The summed E-state index contributed by atoms with van der Waals surface area (Å²) in [6.07, 6.45) is 3.42. The Balaban J connectivity index is 2.24. The molecule has 2 unspecified atom stereocenters. The van der Waals surface area contributed by atoms with Gasteiger partial charge in [0.25, 0.3) is 0 Å². The van der Waals surface area contributed by atoms with Gasteiger partial charge in [-0.05, 0) is 32.4 Å². The fourth-order valence-electron chi connectivity index (χ4n) is 1.76. The smallest absolute Gasteiger partial charge is 0.0580 e. The number of aliphatic hydroxyl groups excluding tert-OH is 1. The van der Waals surface area contributed by atoms with E-state index in [1.165, 1.54) is 12.8 Å². The molecule has 11 heavy (non-hydrogen) atoms. The summed E-state index contributed by atoms with van der Waals surface area (Å²) in [5.74, 6) is 0.542. The Hall–Kier alpha value is -0.0800. The Bertz CT molecular complexity index is 116. The summed E-state index contributed by atoms with van der Waals surface area (Å²) in [4.78, 5) is 2.28. The lowest BCUT2D eigenvalue weighted by atomic mass is 10.1. The lowest BCUT2D eigenvalue weighted by Crippen LogP contribution is -2.29. The first kappa shape index (κ1) is 9.01. The molecule has 0 bridgehead atoms. The highest BCUT2D eigenvalue weighted by molar-refractivity contribution is 4.78. The Morgan fingerprint density at radius 2 is 2.18 bits per heavy atom. The molecule has 0 amide bonds.